The normalized spacial score (nSPS) is 2.00. The summed E-state index contributed by atoms with van der Waals surface area (Å²) in [5.41, 5.74) is 0. The highest BCUT2D eigenvalue weighted by Gasteiger charge is 1.31. The molecule has 0 saturated carbocycles. The van der Waals surface area contributed by atoms with Crippen molar-refractivity contribution in [3.63, 3.8) is 0 Å². The molecule has 0 amide bonds. The zero-order valence-electron chi connectivity index (χ0n) is 2.52. The molecule has 0 rings (SSSR count). The molecule has 0 aliphatic carbocycles. The van der Waals surface area contributed by atoms with Crippen LogP contribution in [0.4, 0.5) is 0 Å². The predicted octanol–water partition coefficient (Wildman–Crippen LogP) is -0.682. The van der Waals surface area contributed by atoms with Crippen molar-refractivity contribution in [1.82, 2.24) is 0 Å². The molecule has 2 heteroatoms. The summed E-state index contributed by atoms with van der Waals surface area (Å²) in [7, 11) is 0. The maximum Gasteiger partial charge on any atom is 0.152 e. The Kier molecular flexibility index (Phi) is 21.4. The first-order valence-corrected chi connectivity index (χ1v) is 0.762. The van der Waals surface area contributed by atoms with Crippen molar-refractivity contribution in [2.45, 2.75) is 0 Å². The van der Waals surface area contributed by atoms with Crippen LogP contribution in [0.3, 0.4) is 0 Å². The molecule has 0 unspecified atom stereocenters. The molecule has 0 fully saturated rings. The van der Waals surface area contributed by atoms with Crippen LogP contribution in [0.25, 0.3) is 0 Å². The van der Waals surface area contributed by atoms with E-state index in [1.54, 1.807) is 5.92 Å². The number of nitriles is 1. The van der Waals surface area contributed by atoms with E-state index in [2.05, 4.69) is 6.42 Å². The summed E-state index contributed by atoms with van der Waals surface area (Å²) in [5, 5.41) is 7.39. The highest BCUT2D eigenvalue weighted by molar-refractivity contribution is 5.08. The van der Waals surface area contributed by atoms with Crippen molar-refractivity contribution in [3.05, 3.63) is 0 Å². The molecule has 0 aromatic rings. The summed E-state index contributed by atoms with van der Waals surface area (Å²) in [6.07, 6.45) is 4.42. The molecule has 0 aliphatic rings. The molecule has 2 N–H and O–H groups in total. The van der Waals surface area contributed by atoms with E-state index in [0.29, 0.717) is 0 Å². The van der Waals surface area contributed by atoms with E-state index in [0.717, 1.165) is 0 Å². The van der Waals surface area contributed by atoms with Gasteiger partial charge in [0.25, 0.3) is 0 Å². The second kappa shape index (κ2) is 11.9. The fourth-order valence-corrected chi connectivity index (χ4v) is 0. The predicted molar refractivity (Wildman–Crippen MR) is 18.1 cm³/mol. The zero-order chi connectivity index (χ0) is 3.41. The first-order chi connectivity index (χ1) is 1.91. The van der Waals surface area contributed by atoms with Crippen molar-refractivity contribution < 1.29 is 5.48 Å². The molecular weight excluding hydrogens is 66.0 g/mol. The third kappa shape index (κ3) is 30700. The molecule has 0 spiro atoms. The SMILES string of the molecule is C#CC#N.O. The van der Waals surface area contributed by atoms with E-state index in [1.165, 1.54) is 6.07 Å². The maximum absolute atomic E-state index is 7.39. The van der Waals surface area contributed by atoms with E-state index >= 15 is 0 Å². The first kappa shape index (κ1) is 8.99. The van der Waals surface area contributed by atoms with Gasteiger partial charge in [-0.15, -0.1) is 6.42 Å². The average Bonchev–Trinajstić information content (AvgIpc) is 1.37. The van der Waals surface area contributed by atoms with E-state index in [1.807, 2.05) is 0 Å². The minimum absolute atomic E-state index is 0. The minimum Gasteiger partial charge on any atom is -0.412 e. The number of hydrogen-bond acceptors (Lipinski definition) is 1. The highest BCUT2D eigenvalue weighted by atomic mass is 16.0. The topological polar surface area (TPSA) is 55.3 Å². The molecule has 0 atom stereocenters. The number of terminal acetylenes is 1. The third-order valence-electron chi connectivity index (χ3n) is 0.0645. The molecule has 0 radical (unpaired) electrons. The van der Waals surface area contributed by atoms with Crippen molar-refractivity contribution in [2.24, 2.45) is 0 Å². The average molecular weight is 69.1 g/mol. The lowest BCUT2D eigenvalue weighted by Crippen LogP contribution is -1.26. The van der Waals surface area contributed by atoms with Crippen molar-refractivity contribution in [3.8, 4) is 18.4 Å². The zero-order valence-corrected chi connectivity index (χ0v) is 2.52. The van der Waals surface area contributed by atoms with Crippen LogP contribution in [0.15, 0.2) is 0 Å². The Morgan fingerprint density at radius 1 is 1.60 bits per heavy atom. The summed E-state index contributed by atoms with van der Waals surface area (Å²) >= 11 is 0. The van der Waals surface area contributed by atoms with Gasteiger partial charge < -0.3 is 5.48 Å². The van der Waals surface area contributed by atoms with Gasteiger partial charge in [-0.05, 0) is 0 Å². The van der Waals surface area contributed by atoms with Crippen LogP contribution in [-0.2, 0) is 0 Å². The second-order valence-corrected chi connectivity index (χ2v) is 0.256. The second-order valence-electron chi connectivity index (χ2n) is 0.256. The molecule has 5 heavy (non-hydrogen) atoms. The van der Waals surface area contributed by atoms with Crippen molar-refractivity contribution in [2.75, 3.05) is 0 Å². The Bertz CT molecular complexity index is 61.9. The van der Waals surface area contributed by atoms with Gasteiger partial charge in [-0.3, -0.25) is 0 Å². The molecule has 0 aromatic heterocycles. The van der Waals surface area contributed by atoms with Crippen LogP contribution < -0.4 is 0 Å². The van der Waals surface area contributed by atoms with Crippen LogP contribution >= 0.6 is 0 Å². The number of hydrogen-bond donors (Lipinski definition) is 0. The van der Waals surface area contributed by atoms with Gasteiger partial charge in [-0.25, -0.2) is 0 Å². The van der Waals surface area contributed by atoms with E-state index in [4.69, 9.17) is 5.26 Å². The monoisotopic (exact) mass is 69.0 g/mol. The van der Waals surface area contributed by atoms with Gasteiger partial charge in [0.1, 0.15) is 0 Å². The lowest BCUT2D eigenvalue weighted by Gasteiger charge is -1.23. The first-order valence-electron chi connectivity index (χ1n) is 0.762. The molecular formula is C3H3NO. The van der Waals surface area contributed by atoms with Gasteiger partial charge in [0.15, 0.2) is 6.07 Å². The fourth-order valence-electron chi connectivity index (χ4n) is 0. The molecule has 26 valence electrons. The highest BCUT2D eigenvalue weighted by Crippen LogP contribution is 1.27. The van der Waals surface area contributed by atoms with E-state index in [9.17, 15) is 0 Å². The minimum atomic E-state index is 0. The van der Waals surface area contributed by atoms with Gasteiger partial charge in [-0.2, -0.15) is 5.26 Å². The lowest BCUT2D eigenvalue weighted by molar-refractivity contribution is 0.824. The van der Waals surface area contributed by atoms with Crippen LogP contribution in [0, 0.1) is 23.7 Å². The van der Waals surface area contributed by atoms with Gasteiger partial charge in [0.2, 0.25) is 0 Å². The number of nitrogens with zero attached hydrogens (tertiary/aromatic N) is 1. The molecule has 0 aliphatic heterocycles. The van der Waals surface area contributed by atoms with Crippen molar-refractivity contribution >= 4 is 0 Å². The lowest BCUT2D eigenvalue weighted by atomic mass is 10.8. The summed E-state index contributed by atoms with van der Waals surface area (Å²) in [6.45, 7) is 0. The van der Waals surface area contributed by atoms with Crippen molar-refractivity contribution in [1.29, 1.82) is 5.26 Å². The van der Waals surface area contributed by atoms with E-state index in [-0.39, 0.29) is 5.48 Å². The molecule has 0 bridgehead atoms. The standard InChI is InChI=1S/C3HN.H2O/c1-2-3-4;/h1H;1H2. The summed E-state index contributed by atoms with van der Waals surface area (Å²) in [4.78, 5) is 0. The fraction of sp³-hybridized carbons (Fsp3) is 0. The summed E-state index contributed by atoms with van der Waals surface area (Å²) in [5.74, 6) is 1.74. The summed E-state index contributed by atoms with van der Waals surface area (Å²) < 4.78 is 0. The summed E-state index contributed by atoms with van der Waals surface area (Å²) in [6, 6.07) is 1.46. The van der Waals surface area contributed by atoms with Crippen LogP contribution in [0.1, 0.15) is 0 Å². The Labute approximate surface area is 30.3 Å². The number of rotatable bonds is 0. The van der Waals surface area contributed by atoms with Gasteiger partial charge in [0.05, 0.1) is 0 Å². The molecule has 2 nitrogen and oxygen atoms in total. The van der Waals surface area contributed by atoms with Gasteiger partial charge >= 0.3 is 0 Å². The maximum atomic E-state index is 7.39. The Morgan fingerprint density at radius 3 is 1.80 bits per heavy atom. The third-order valence-corrected chi connectivity index (χ3v) is 0.0645. The van der Waals surface area contributed by atoms with Crippen LogP contribution in [0.2, 0.25) is 0 Å². The Morgan fingerprint density at radius 2 is 1.80 bits per heavy atom. The molecule has 0 saturated heterocycles. The van der Waals surface area contributed by atoms with E-state index < -0.39 is 0 Å². The van der Waals surface area contributed by atoms with Gasteiger partial charge in [-0.1, -0.05) is 0 Å². The Hall–Kier alpha value is -0.990. The van der Waals surface area contributed by atoms with Gasteiger partial charge in [0, 0.05) is 5.92 Å². The quantitative estimate of drug-likeness (QED) is 0.347. The largest absolute Gasteiger partial charge is 0.412 e. The molecule has 0 heterocycles. The Balaban J connectivity index is 0. The van der Waals surface area contributed by atoms with Crippen LogP contribution in [0.5, 0.6) is 0 Å². The van der Waals surface area contributed by atoms with Crippen LogP contribution in [-0.4, -0.2) is 5.48 Å². The molecule has 0 aromatic carbocycles. The smallest absolute Gasteiger partial charge is 0.152 e.